The molecule has 0 aliphatic carbocycles. The van der Waals surface area contributed by atoms with Crippen molar-refractivity contribution in [2.75, 3.05) is 6.61 Å². The van der Waals surface area contributed by atoms with Gasteiger partial charge in [0.05, 0.1) is 0 Å². The van der Waals surface area contributed by atoms with Gasteiger partial charge in [-0.1, -0.05) is 11.6 Å². The maximum Gasteiger partial charge on any atom is 0.200 e. The van der Waals surface area contributed by atoms with E-state index in [1.54, 1.807) is 24.3 Å². The van der Waals surface area contributed by atoms with Crippen LogP contribution in [-0.4, -0.2) is 12.4 Å². The third-order valence-corrected chi connectivity index (χ3v) is 2.60. The molecule has 0 saturated carbocycles. The van der Waals surface area contributed by atoms with Crippen molar-refractivity contribution < 1.29 is 13.9 Å². The number of ether oxygens (including phenoxy) is 1. The van der Waals surface area contributed by atoms with Crippen molar-refractivity contribution in [3.05, 3.63) is 64.9 Å². The smallest absolute Gasteiger partial charge is 0.200 e. The fourth-order valence-electron chi connectivity index (χ4n) is 1.40. The number of benzene rings is 2. The SMILES string of the molecule is O=C(COc1ccc(F)cc1)c1ccc(Cl)cc1. The van der Waals surface area contributed by atoms with Crippen LogP contribution in [0.1, 0.15) is 10.4 Å². The first-order valence-corrected chi connectivity index (χ1v) is 5.70. The van der Waals surface area contributed by atoms with Gasteiger partial charge in [0.1, 0.15) is 11.6 Å². The fraction of sp³-hybridized carbons (Fsp3) is 0.0714. The van der Waals surface area contributed by atoms with Crippen LogP contribution in [0.4, 0.5) is 4.39 Å². The minimum absolute atomic E-state index is 0.0900. The Kier molecular flexibility index (Phi) is 3.95. The van der Waals surface area contributed by atoms with Gasteiger partial charge in [0.15, 0.2) is 12.4 Å². The molecule has 2 aromatic carbocycles. The molecule has 92 valence electrons. The summed E-state index contributed by atoms with van der Waals surface area (Å²) in [5, 5.41) is 0.575. The highest BCUT2D eigenvalue weighted by Crippen LogP contribution is 2.13. The summed E-state index contributed by atoms with van der Waals surface area (Å²) in [7, 11) is 0. The number of ketones is 1. The minimum Gasteiger partial charge on any atom is -0.485 e. The third-order valence-electron chi connectivity index (χ3n) is 2.35. The van der Waals surface area contributed by atoms with Crippen LogP contribution in [-0.2, 0) is 0 Å². The van der Waals surface area contributed by atoms with Crippen molar-refractivity contribution in [3.8, 4) is 5.75 Å². The number of halogens is 2. The molecule has 0 aliphatic rings. The van der Waals surface area contributed by atoms with Gasteiger partial charge in [-0.05, 0) is 48.5 Å². The second kappa shape index (κ2) is 5.65. The van der Waals surface area contributed by atoms with Gasteiger partial charge >= 0.3 is 0 Å². The van der Waals surface area contributed by atoms with Gasteiger partial charge in [0.25, 0.3) is 0 Å². The lowest BCUT2D eigenvalue weighted by atomic mass is 10.1. The van der Waals surface area contributed by atoms with Crippen molar-refractivity contribution in [2.24, 2.45) is 0 Å². The number of hydrogen-bond donors (Lipinski definition) is 0. The fourth-order valence-corrected chi connectivity index (χ4v) is 1.52. The molecule has 0 aliphatic heterocycles. The van der Waals surface area contributed by atoms with E-state index in [-0.39, 0.29) is 18.2 Å². The molecule has 0 spiro atoms. The maximum absolute atomic E-state index is 12.7. The van der Waals surface area contributed by atoms with Crippen LogP contribution in [0.25, 0.3) is 0 Å². The van der Waals surface area contributed by atoms with Crippen LogP contribution >= 0.6 is 11.6 Å². The zero-order chi connectivity index (χ0) is 13.0. The Morgan fingerprint density at radius 3 is 2.28 bits per heavy atom. The Hall–Kier alpha value is -1.87. The van der Waals surface area contributed by atoms with E-state index in [1.165, 1.54) is 24.3 Å². The predicted octanol–water partition coefficient (Wildman–Crippen LogP) is 3.74. The first-order valence-electron chi connectivity index (χ1n) is 5.32. The lowest BCUT2D eigenvalue weighted by molar-refractivity contribution is 0.0921. The van der Waals surface area contributed by atoms with Gasteiger partial charge in [-0.15, -0.1) is 0 Å². The quantitative estimate of drug-likeness (QED) is 0.787. The third kappa shape index (κ3) is 3.31. The van der Waals surface area contributed by atoms with Crippen LogP contribution in [0.5, 0.6) is 5.75 Å². The van der Waals surface area contributed by atoms with E-state index in [1.807, 2.05) is 0 Å². The normalized spacial score (nSPS) is 10.1. The molecule has 0 aromatic heterocycles. The van der Waals surface area contributed by atoms with Crippen LogP contribution in [0, 0.1) is 5.82 Å². The summed E-state index contributed by atoms with van der Waals surface area (Å²) in [5.74, 6) is -0.0407. The molecular weight excluding hydrogens is 255 g/mol. The molecule has 2 nitrogen and oxygen atoms in total. The van der Waals surface area contributed by atoms with Gasteiger partial charge in [-0.25, -0.2) is 4.39 Å². The molecule has 0 bridgehead atoms. The Morgan fingerprint density at radius 1 is 1.06 bits per heavy atom. The predicted molar refractivity (Wildman–Crippen MR) is 67.7 cm³/mol. The maximum atomic E-state index is 12.7. The molecule has 2 rings (SSSR count). The molecule has 18 heavy (non-hydrogen) atoms. The van der Waals surface area contributed by atoms with Crippen molar-refractivity contribution >= 4 is 17.4 Å². The van der Waals surface area contributed by atoms with E-state index in [4.69, 9.17) is 16.3 Å². The Bertz CT molecular complexity index is 535. The van der Waals surface area contributed by atoms with Gasteiger partial charge < -0.3 is 4.74 Å². The molecule has 0 atom stereocenters. The summed E-state index contributed by atoms with van der Waals surface area (Å²) in [5.41, 5.74) is 0.529. The van der Waals surface area contributed by atoms with Gasteiger partial charge in [0, 0.05) is 10.6 Å². The summed E-state index contributed by atoms with van der Waals surface area (Å²) in [6, 6.07) is 12.1. The van der Waals surface area contributed by atoms with Crippen LogP contribution < -0.4 is 4.74 Å². The highest BCUT2D eigenvalue weighted by molar-refractivity contribution is 6.30. The van der Waals surface area contributed by atoms with Crippen molar-refractivity contribution in [1.82, 2.24) is 0 Å². The Morgan fingerprint density at radius 2 is 1.67 bits per heavy atom. The molecular formula is C14H10ClFO2. The van der Waals surface area contributed by atoms with E-state index < -0.39 is 0 Å². The number of carbonyl (C=O) groups excluding carboxylic acids is 1. The second-order valence-corrected chi connectivity index (χ2v) is 4.11. The monoisotopic (exact) mass is 264 g/mol. The highest BCUT2D eigenvalue weighted by atomic mass is 35.5. The number of hydrogen-bond acceptors (Lipinski definition) is 2. The molecule has 4 heteroatoms. The van der Waals surface area contributed by atoms with Crippen LogP contribution in [0.2, 0.25) is 5.02 Å². The van der Waals surface area contributed by atoms with E-state index in [9.17, 15) is 9.18 Å². The molecule has 0 saturated heterocycles. The molecule has 0 unspecified atom stereocenters. The van der Waals surface area contributed by atoms with Gasteiger partial charge in [0.2, 0.25) is 0 Å². The van der Waals surface area contributed by atoms with E-state index >= 15 is 0 Å². The summed E-state index contributed by atoms with van der Waals surface area (Å²) in [6.07, 6.45) is 0. The van der Waals surface area contributed by atoms with Crippen molar-refractivity contribution in [2.45, 2.75) is 0 Å². The molecule has 0 amide bonds. The Balaban J connectivity index is 1.96. The number of carbonyl (C=O) groups is 1. The summed E-state index contributed by atoms with van der Waals surface area (Å²) in [4.78, 5) is 11.8. The summed E-state index contributed by atoms with van der Waals surface area (Å²) in [6.45, 7) is -0.0900. The number of Topliss-reactive ketones (excluding diaryl/α,β-unsaturated/α-hetero) is 1. The zero-order valence-corrected chi connectivity index (χ0v) is 10.2. The van der Waals surface area contributed by atoms with Crippen LogP contribution in [0.3, 0.4) is 0 Å². The lowest BCUT2D eigenvalue weighted by Crippen LogP contribution is -2.11. The van der Waals surface area contributed by atoms with Crippen LogP contribution in [0.15, 0.2) is 48.5 Å². The van der Waals surface area contributed by atoms with E-state index in [0.717, 1.165) is 0 Å². The second-order valence-electron chi connectivity index (χ2n) is 3.67. The topological polar surface area (TPSA) is 26.3 Å². The average Bonchev–Trinajstić information content (AvgIpc) is 2.38. The van der Waals surface area contributed by atoms with Crippen molar-refractivity contribution in [1.29, 1.82) is 0 Å². The molecule has 0 fully saturated rings. The van der Waals surface area contributed by atoms with Gasteiger partial charge in [-0.2, -0.15) is 0 Å². The lowest BCUT2D eigenvalue weighted by Gasteiger charge is -2.05. The summed E-state index contributed by atoms with van der Waals surface area (Å²) < 4.78 is 17.9. The largest absolute Gasteiger partial charge is 0.485 e. The molecule has 0 heterocycles. The van der Waals surface area contributed by atoms with E-state index in [2.05, 4.69) is 0 Å². The first kappa shape index (κ1) is 12.6. The molecule has 2 aromatic rings. The molecule has 0 N–H and O–H groups in total. The first-order chi connectivity index (χ1) is 8.65. The van der Waals surface area contributed by atoms with Gasteiger partial charge in [-0.3, -0.25) is 4.79 Å². The average molecular weight is 265 g/mol. The molecule has 0 radical (unpaired) electrons. The minimum atomic E-state index is -0.341. The van der Waals surface area contributed by atoms with E-state index in [0.29, 0.717) is 16.3 Å². The number of rotatable bonds is 4. The zero-order valence-electron chi connectivity index (χ0n) is 9.40. The van der Waals surface area contributed by atoms with Crippen molar-refractivity contribution in [3.63, 3.8) is 0 Å². The highest BCUT2D eigenvalue weighted by Gasteiger charge is 2.06. The standard InChI is InChI=1S/C14H10ClFO2/c15-11-3-1-10(2-4-11)14(17)9-18-13-7-5-12(16)6-8-13/h1-8H,9H2. The Labute approximate surface area is 109 Å². The summed E-state index contributed by atoms with van der Waals surface area (Å²) >= 11 is 5.73.